The number of anilines is 1. The number of nitrogens with two attached hydrogens (primary N) is 1. The molecule has 0 saturated carbocycles. The van der Waals surface area contributed by atoms with Crippen molar-refractivity contribution >= 4 is 11.6 Å². The van der Waals surface area contributed by atoms with Crippen LogP contribution in [0.25, 0.3) is 0 Å². The molecule has 3 N–H and O–H groups in total. The number of hydrogen-bond acceptors (Lipinski definition) is 2. The molecule has 17 heavy (non-hydrogen) atoms. The van der Waals surface area contributed by atoms with Gasteiger partial charge in [0.1, 0.15) is 5.82 Å². The van der Waals surface area contributed by atoms with E-state index in [1.165, 1.54) is 6.07 Å². The number of carbonyl (C=O) groups is 1. The standard InChI is InChI=1S/C13H19FN2O/c1-8(2)6-11(15)13(17)16-12-7-9(3)4-5-10(12)14/h4-5,7-8,11H,6,15H2,1-3H3,(H,16,17). The highest BCUT2D eigenvalue weighted by atomic mass is 19.1. The number of carbonyl (C=O) groups excluding carboxylic acids is 1. The smallest absolute Gasteiger partial charge is 0.241 e. The van der Waals surface area contributed by atoms with Crippen molar-refractivity contribution in [2.24, 2.45) is 11.7 Å². The van der Waals surface area contributed by atoms with Crippen LogP contribution in [0.2, 0.25) is 0 Å². The van der Waals surface area contributed by atoms with E-state index in [1.807, 2.05) is 20.8 Å². The molecule has 1 amide bonds. The molecule has 1 aromatic carbocycles. The summed E-state index contributed by atoms with van der Waals surface area (Å²) in [6, 6.07) is 3.97. The quantitative estimate of drug-likeness (QED) is 0.846. The number of aryl methyl sites for hydroxylation is 1. The lowest BCUT2D eigenvalue weighted by Crippen LogP contribution is -2.36. The average molecular weight is 238 g/mol. The minimum atomic E-state index is -0.602. The molecule has 94 valence electrons. The summed E-state index contributed by atoms with van der Waals surface area (Å²) in [5, 5.41) is 2.52. The number of nitrogens with one attached hydrogen (secondary N) is 1. The van der Waals surface area contributed by atoms with Gasteiger partial charge in [0.25, 0.3) is 0 Å². The molecule has 1 atom stereocenters. The van der Waals surface area contributed by atoms with Gasteiger partial charge in [-0.2, -0.15) is 0 Å². The Labute approximate surface area is 101 Å². The topological polar surface area (TPSA) is 55.1 Å². The molecule has 0 bridgehead atoms. The summed E-state index contributed by atoms with van der Waals surface area (Å²) in [6.07, 6.45) is 0.583. The minimum Gasteiger partial charge on any atom is -0.322 e. The second-order valence-corrected chi connectivity index (χ2v) is 4.71. The second kappa shape index (κ2) is 5.77. The molecular weight excluding hydrogens is 219 g/mol. The molecule has 4 heteroatoms. The van der Waals surface area contributed by atoms with Crippen LogP contribution in [0.5, 0.6) is 0 Å². The van der Waals surface area contributed by atoms with E-state index in [9.17, 15) is 9.18 Å². The lowest BCUT2D eigenvalue weighted by atomic mass is 10.0. The number of halogens is 1. The summed E-state index contributed by atoms with van der Waals surface area (Å²) in [6.45, 7) is 5.81. The Morgan fingerprint density at radius 1 is 1.47 bits per heavy atom. The van der Waals surface area contributed by atoms with Gasteiger partial charge in [0.05, 0.1) is 11.7 Å². The molecule has 1 unspecified atom stereocenters. The summed E-state index contributed by atoms with van der Waals surface area (Å²) in [5.41, 5.74) is 6.80. The Bertz CT molecular complexity index is 404. The van der Waals surface area contributed by atoms with E-state index in [-0.39, 0.29) is 11.6 Å². The van der Waals surface area contributed by atoms with Gasteiger partial charge in [-0.1, -0.05) is 19.9 Å². The normalized spacial score (nSPS) is 12.6. The van der Waals surface area contributed by atoms with Gasteiger partial charge in [0, 0.05) is 0 Å². The maximum atomic E-state index is 13.4. The Hall–Kier alpha value is -1.42. The van der Waals surface area contributed by atoms with Crippen LogP contribution >= 0.6 is 0 Å². The van der Waals surface area contributed by atoms with E-state index in [0.717, 1.165) is 5.56 Å². The van der Waals surface area contributed by atoms with Crippen molar-refractivity contribution in [3.8, 4) is 0 Å². The number of benzene rings is 1. The zero-order valence-corrected chi connectivity index (χ0v) is 10.5. The highest BCUT2D eigenvalue weighted by Gasteiger charge is 2.16. The first kappa shape index (κ1) is 13.6. The largest absolute Gasteiger partial charge is 0.322 e. The molecular formula is C13H19FN2O. The van der Waals surface area contributed by atoms with Crippen molar-refractivity contribution in [1.29, 1.82) is 0 Å². The van der Waals surface area contributed by atoms with Crippen LogP contribution in [0.15, 0.2) is 18.2 Å². The Balaban J connectivity index is 2.70. The van der Waals surface area contributed by atoms with Gasteiger partial charge in [-0.25, -0.2) is 4.39 Å². The SMILES string of the molecule is Cc1ccc(F)c(NC(=O)C(N)CC(C)C)c1. The molecule has 0 aliphatic heterocycles. The summed E-state index contributed by atoms with van der Waals surface area (Å²) in [5.74, 6) is -0.456. The van der Waals surface area contributed by atoms with E-state index < -0.39 is 11.9 Å². The molecule has 0 aliphatic carbocycles. The van der Waals surface area contributed by atoms with Gasteiger partial charge in [-0.3, -0.25) is 4.79 Å². The predicted octanol–water partition coefficient (Wildman–Crippen LogP) is 2.45. The van der Waals surface area contributed by atoms with E-state index in [0.29, 0.717) is 12.3 Å². The predicted molar refractivity (Wildman–Crippen MR) is 67.2 cm³/mol. The summed E-state index contributed by atoms with van der Waals surface area (Å²) >= 11 is 0. The van der Waals surface area contributed by atoms with E-state index in [1.54, 1.807) is 12.1 Å². The molecule has 0 radical (unpaired) electrons. The number of amides is 1. The first-order valence-electron chi connectivity index (χ1n) is 5.72. The summed E-state index contributed by atoms with van der Waals surface area (Å²) < 4.78 is 13.4. The van der Waals surface area contributed by atoms with Crippen molar-refractivity contribution in [2.75, 3.05) is 5.32 Å². The average Bonchev–Trinajstić information content (AvgIpc) is 2.22. The third kappa shape index (κ3) is 4.15. The Kier molecular flexibility index (Phi) is 4.63. The van der Waals surface area contributed by atoms with Crippen LogP contribution in [-0.4, -0.2) is 11.9 Å². The van der Waals surface area contributed by atoms with Crippen molar-refractivity contribution in [1.82, 2.24) is 0 Å². The zero-order chi connectivity index (χ0) is 13.0. The zero-order valence-electron chi connectivity index (χ0n) is 10.5. The molecule has 0 spiro atoms. The highest BCUT2D eigenvalue weighted by molar-refractivity contribution is 5.94. The highest BCUT2D eigenvalue weighted by Crippen LogP contribution is 2.16. The Morgan fingerprint density at radius 3 is 2.71 bits per heavy atom. The van der Waals surface area contributed by atoms with Gasteiger partial charge in [-0.05, 0) is 37.0 Å². The molecule has 3 nitrogen and oxygen atoms in total. The Morgan fingerprint density at radius 2 is 2.12 bits per heavy atom. The first-order valence-corrected chi connectivity index (χ1v) is 5.72. The van der Waals surface area contributed by atoms with Gasteiger partial charge in [0.15, 0.2) is 0 Å². The fourth-order valence-corrected chi connectivity index (χ4v) is 1.58. The van der Waals surface area contributed by atoms with Crippen LogP contribution in [0.1, 0.15) is 25.8 Å². The van der Waals surface area contributed by atoms with Gasteiger partial charge in [-0.15, -0.1) is 0 Å². The van der Waals surface area contributed by atoms with Crippen LogP contribution < -0.4 is 11.1 Å². The number of hydrogen-bond donors (Lipinski definition) is 2. The van der Waals surface area contributed by atoms with Crippen LogP contribution in [0.3, 0.4) is 0 Å². The molecule has 0 heterocycles. The third-order valence-electron chi connectivity index (χ3n) is 2.44. The molecule has 0 aliphatic rings. The molecule has 0 saturated heterocycles. The van der Waals surface area contributed by atoms with Crippen LogP contribution in [-0.2, 0) is 4.79 Å². The maximum absolute atomic E-state index is 13.4. The summed E-state index contributed by atoms with van der Waals surface area (Å²) in [4.78, 5) is 11.7. The van der Waals surface area contributed by atoms with Gasteiger partial charge in [0.2, 0.25) is 5.91 Å². The van der Waals surface area contributed by atoms with Crippen molar-refractivity contribution in [3.05, 3.63) is 29.6 Å². The number of rotatable bonds is 4. The molecule has 1 aromatic rings. The van der Waals surface area contributed by atoms with Crippen molar-refractivity contribution in [3.63, 3.8) is 0 Å². The maximum Gasteiger partial charge on any atom is 0.241 e. The second-order valence-electron chi connectivity index (χ2n) is 4.71. The molecule has 0 fully saturated rings. The minimum absolute atomic E-state index is 0.189. The van der Waals surface area contributed by atoms with E-state index in [4.69, 9.17) is 5.73 Å². The van der Waals surface area contributed by atoms with Crippen LogP contribution in [0, 0.1) is 18.7 Å². The fourth-order valence-electron chi connectivity index (χ4n) is 1.58. The monoisotopic (exact) mass is 238 g/mol. The van der Waals surface area contributed by atoms with E-state index >= 15 is 0 Å². The first-order chi connectivity index (χ1) is 7.90. The van der Waals surface area contributed by atoms with Gasteiger partial charge >= 0.3 is 0 Å². The van der Waals surface area contributed by atoms with Crippen LogP contribution in [0.4, 0.5) is 10.1 Å². The van der Waals surface area contributed by atoms with Crippen molar-refractivity contribution in [2.45, 2.75) is 33.2 Å². The molecule has 0 aromatic heterocycles. The lowest BCUT2D eigenvalue weighted by Gasteiger charge is -2.14. The summed E-state index contributed by atoms with van der Waals surface area (Å²) in [7, 11) is 0. The van der Waals surface area contributed by atoms with E-state index in [2.05, 4.69) is 5.32 Å². The fraction of sp³-hybridized carbons (Fsp3) is 0.462. The third-order valence-corrected chi connectivity index (χ3v) is 2.44. The lowest BCUT2D eigenvalue weighted by molar-refractivity contribution is -0.117. The van der Waals surface area contributed by atoms with Gasteiger partial charge < -0.3 is 11.1 Å². The van der Waals surface area contributed by atoms with Crippen molar-refractivity contribution < 1.29 is 9.18 Å². The molecule has 1 rings (SSSR count).